The van der Waals surface area contributed by atoms with Gasteiger partial charge in [0.05, 0.1) is 6.04 Å². The first-order valence-corrected chi connectivity index (χ1v) is 9.18. The number of nitrogens with one attached hydrogen (secondary N) is 1. The van der Waals surface area contributed by atoms with Crippen molar-refractivity contribution in [3.05, 3.63) is 35.4 Å². The molecular weight excluding hydrogens is 284 g/mol. The normalized spacial score (nSPS) is 23.6. The maximum absolute atomic E-state index is 12.5. The minimum Gasteiger partial charge on any atom is -0.322 e. The van der Waals surface area contributed by atoms with E-state index in [0.717, 1.165) is 18.4 Å². The summed E-state index contributed by atoms with van der Waals surface area (Å²) in [4.78, 5) is 14.3. The van der Waals surface area contributed by atoms with Crippen molar-refractivity contribution in [2.75, 3.05) is 18.6 Å². The van der Waals surface area contributed by atoms with Gasteiger partial charge in [0.25, 0.3) is 0 Å². The van der Waals surface area contributed by atoms with Crippen LogP contribution in [0.2, 0.25) is 0 Å². The number of carbonyl (C=O) groups is 1. The van der Waals surface area contributed by atoms with Crippen LogP contribution in [0.5, 0.6) is 0 Å². The van der Waals surface area contributed by atoms with Crippen LogP contribution in [0.15, 0.2) is 24.3 Å². The van der Waals surface area contributed by atoms with E-state index in [-0.39, 0.29) is 18.1 Å². The predicted molar refractivity (Wildman–Crippen MR) is 86.4 cm³/mol. The molecule has 1 aromatic rings. The molecular formula is C16H24N2O2S. The molecule has 0 spiro atoms. The number of amides is 1. The van der Waals surface area contributed by atoms with E-state index in [1.807, 2.05) is 11.8 Å². The SMILES string of the molecule is CCC1NC(c2ccc(C)cc2)N(CCCS(C)=O)C1=O. The van der Waals surface area contributed by atoms with Crippen molar-refractivity contribution in [3.8, 4) is 0 Å². The van der Waals surface area contributed by atoms with Gasteiger partial charge in [-0.2, -0.15) is 0 Å². The van der Waals surface area contributed by atoms with Crippen molar-refractivity contribution in [1.82, 2.24) is 10.2 Å². The van der Waals surface area contributed by atoms with Crippen LogP contribution in [-0.4, -0.2) is 39.6 Å². The van der Waals surface area contributed by atoms with E-state index < -0.39 is 10.8 Å². The molecule has 1 saturated heterocycles. The van der Waals surface area contributed by atoms with Gasteiger partial charge < -0.3 is 4.90 Å². The fourth-order valence-corrected chi connectivity index (χ4v) is 3.21. The first-order valence-electron chi connectivity index (χ1n) is 7.46. The number of nitrogens with zero attached hydrogens (tertiary/aromatic N) is 1. The Morgan fingerprint density at radius 2 is 1.95 bits per heavy atom. The third-order valence-electron chi connectivity index (χ3n) is 3.88. The Balaban J connectivity index is 2.13. The van der Waals surface area contributed by atoms with Crippen LogP contribution in [-0.2, 0) is 15.6 Å². The molecule has 1 N–H and O–H groups in total. The smallest absolute Gasteiger partial charge is 0.241 e. The fraction of sp³-hybridized carbons (Fsp3) is 0.562. The molecule has 1 fully saturated rings. The topological polar surface area (TPSA) is 49.4 Å². The van der Waals surface area contributed by atoms with Gasteiger partial charge in [0.1, 0.15) is 6.17 Å². The second kappa shape index (κ2) is 7.18. The van der Waals surface area contributed by atoms with Gasteiger partial charge in [0.2, 0.25) is 5.91 Å². The maximum Gasteiger partial charge on any atom is 0.241 e. The van der Waals surface area contributed by atoms with Gasteiger partial charge in [-0.3, -0.25) is 14.3 Å². The van der Waals surface area contributed by atoms with Crippen LogP contribution in [0, 0.1) is 6.92 Å². The Labute approximate surface area is 129 Å². The number of benzene rings is 1. The van der Waals surface area contributed by atoms with Crippen LogP contribution in [0.25, 0.3) is 0 Å². The highest BCUT2D eigenvalue weighted by molar-refractivity contribution is 7.84. The maximum atomic E-state index is 12.5. The molecule has 4 nitrogen and oxygen atoms in total. The van der Waals surface area contributed by atoms with Gasteiger partial charge in [-0.25, -0.2) is 0 Å². The summed E-state index contributed by atoms with van der Waals surface area (Å²) in [5.74, 6) is 0.797. The van der Waals surface area contributed by atoms with E-state index in [4.69, 9.17) is 0 Å². The molecule has 3 atom stereocenters. The number of hydrogen-bond acceptors (Lipinski definition) is 3. The van der Waals surface area contributed by atoms with E-state index in [9.17, 15) is 9.00 Å². The number of rotatable bonds is 6. The van der Waals surface area contributed by atoms with Crippen molar-refractivity contribution in [2.24, 2.45) is 0 Å². The van der Waals surface area contributed by atoms with Gasteiger partial charge in [-0.15, -0.1) is 0 Å². The summed E-state index contributed by atoms with van der Waals surface area (Å²) >= 11 is 0. The van der Waals surface area contributed by atoms with E-state index >= 15 is 0 Å². The Hall–Kier alpha value is -1.20. The summed E-state index contributed by atoms with van der Waals surface area (Å²) in [7, 11) is -0.805. The van der Waals surface area contributed by atoms with Crippen molar-refractivity contribution in [3.63, 3.8) is 0 Å². The van der Waals surface area contributed by atoms with Gasteiger partial charge in [0, 0.05) is 29.4 Å². The molecule has 1 amide bonds. The number of carbonyl (C=O) groups excluding carboxylic acids is 1. The second-order valence-electron chi connectivity index (χ2n) is 5.60. The van der Waals surface area contributed by atoms with Crippen LogP contribution in [0.3, 0.4) is 0 Å². The fourth-order valence-electron chi connectivity index (χ4n) is 2.67. The molecule has 1 aliphatic rings. The first kappa shape index (κ1) is 16.2. The Morgan fingerprint density at radius 3 is 2.52 bits per heavy atom. The Kier molecular flexibility index (Phi) is 5.53. The minimum absolute atomic E-state index is 0.0617. The molecule has 1 heterocycles. The van der Waals surface area contributed by atoms with E-state index in [0.29, 0.717) is 12.3 Å². The number of hydrogen-bond donors (Lipinski definition) is 1. The zero-order valence-electron chi connectivity index (χ0n) is 13.0. The summed E-state index contributed by atoms with van der Waals surface area (Å²) in [6, 6.07) is 8.18. The minimum atomic E-state index is -0.805. The second-order valence-corrected chi connectivity index (χ2v) is 7.16. The molecule has 0 aromatic heterocycles. The van der Waals surface area contributed by atoms with E-state index in [2.05, 4.69) is 36.5 Å². The van der Waals surface area contributed by atoms with Crippen LogP contribution in [0.4, 0.5) is 0 Å². The summed E-state index contributed by atoms with van der Waals surface area (Å²) in [6.07, 6.45) is 3.21. The monoisotopic (exact) mass is 308 g/mol. The highest BCUT2D eigenvalue weighted by Gasteiger charge is 2.37. The van der Waals surface area contributed by atoms with Gasteiger partial charge >= 0.3 is 0 Å². The molecule has 1 aromatic carbocycles. The van der Waals surface area contributed by atoms with Crippen molar-refractivity contribution in [1.29, 1.82) is 0 Å². The van der Waals surface area contributed by atoms with E-state index in [1.165, 1.54) is 5.56 Å². The Morgan fingerprint density at radius 1 is 1.29 bits per heavy atom. The summed E-state index contributed by atoms with van der Waals surface area (Å²) < 4.78 is 11.2. The lowest BCUT2D eigenvalue weighted by Crippen LogP contribution is -2.32. The van der Waals surface area contributed by atoms with Crippen LogP contribution < -0.4 is 5.32 Å². The molecule has 0 aliphatic carbocycles. The van der Waals surface area contributed by atoms with Crippen LogP contribution in [0.1, 0.15) is 37.1 Å². The van der Waals surface area contributed by atoms with Crippen molar-refractivity contribution < 1.29 is 9.00 Å². The lowest BCUT2D eigenvalue weighted by molar-refractivity contribution is -0.130. The molecule has 1 aliphatic heterocycles. The molecule has 116 valence electrons. The van der Waals surface area contributed by atoms with Crippen molar-refractivity contribution in [2.45, 2.75) is 38.9 Å². The first-order chi connectivity index (χ1) is 10.0. The third-order valence-corrected chi connectivity index (χ3v) is 4.75. The molecule has 0 saturated carbocycles. The standard InChI is InChI=1S/C16H24N2O2S/c1-4-14-16(19)18(10-5-11-21(3)20)15(17-14)13-8-6-12(2)7-9-13/h6-9,14-15,17H,4-5,10-11H2,1-3H3. The zero-order valence-corrected chi connectivity index (χ0v) is 13.8. The lowest BCUT2D eigenvalue weighted by atomic mass is 10.1. The average molecular weight is 308 g/mol. The predicted octanol–water partition coefficient (Wildman–Crippen LogP) is 1.97. The quantitative estimate of drug-likeness (QED) is 0.874. The molecule has 0 radical (unpaired) electrons. The van der Waals surface area contributed by atoms with E-state index in [1.54, 1.807) is 6.26 Å². The lowest BCUT2D eigenvalue weighted by Gasteiger charge is -2.24. The van der Waals surface area contributed by atoms with Gasteiger partial charge in [-0.1, -0.05) is 36.8 Å². The largest absolute Gasteiger partial charge is 0.322 e. The van der Waals surface area contributed by atoms with Crippen molar-refractivity contribution >= 4 is 16.7 Å². The average Bonchev–Trinajstić information content (AvgIpc) is 2.76. The Bertz CT molecular complexity index is 516. The van der Waals surface area contributed by atoms with Crippen LogP contribution >= 0.6 is 0 Å². The van der Waals surface area contributed by atoms with Gasteiger partial charge in [0.15, 0.2) is 0 Å². The third kappa shape index (κ3) is 3.92. The summed E-state index contributed by atoms with van der Waals surface area (Å²) in [5, 5.41) is 3.41. The molecule has 0 bridgehead atoms. The highest BCUT2D eigenvalue weighted by atomic mass is 32.2. The number of aryl methyl sites for hydroxylation is 1. The summed E-state index contributed by atoms with van der Waals surface area (Å²) in [5.41, 5.74) is 2.32. The summed E-state index contributed by atoms with van der Waals surface area (Å²) in [6.45, 7) is 4.73. The molecule has 21 heavy (non-hydrogen) atoms. The highest BCUT2D eigenvalue weighted by Crippen LogP contribution is 2.26. The zero-order chi connectivity index (χ0) is 15.4. The van der Waals surface area contributed by atoms with Gasteiger partial charge in [-0.05, 0) is 25.3 Å². The molecule has 5 heteroatoms. The molecule has 2 rings (SSSR count). The molecule has 3 unspecified atom stereocenters.